The van der Waals surface area contributed by atoms with E-state index in [9.17, 15) is 0 Å². The van der Waals surface area contributed by atoms with Crippen molar-refractivity contribution in [3.63, 3.8) is 0 Å². The van der Waals surface area contributed by atoms with E-state index in [1.54, 1.807) is 0 Å². The van der Waals surface area contributed by atoms with Gasteiger partial charge in [0.25, 0.3) is 0 Å². The van der Waals surface area contributed by atoms with E-state index in [1.807, 2.05) is 16.0 Å². The van der Waals surface area contributed by atoms with Gasteiger partial charge in [0.1, 0.15) is 0 Å². The summed E-state index contributed by atoms with van der Waals surface area (Å²) in [6, 6.07) is 8.34. The minimum atomic E-state index is 0.484. The molecule has 1 aromatic carbocycles. The normalized spacial score (nSPS) is 19.9. The molecule has 0 N–H and O–H groups in total. The number of anilines is 1. The molecular formula is C20H24N6S. The topological polar surface area (TPSA) is 59.7 Å². The molecule has 3 aromatic rings. The van der Waals surface area contributed by atoms with Crippen LogP contribution in [0.3, 0.4) is 0 Å². The van der Waals surface area contributed by atoms with Crippen LogP contribution in [0.25, 0.3) is 5.69 Å². The summed E-state index contributed by atoms with van der Waals surface area (Å²) in [7, 11) is 0. The third kappa shape index (κ3) is 3.25. The van der Waals surface area contributed by atoms with E-state index < -0.39 is 0 Å². The van der Waals surface area contributed by atoms with Crippen LogP contribution in [0.4, 0.5) is 5.95 Å². The molecule has 1 atom stereocenters. The van der Waals surface area contributed by atoms with E-state index in [2.05, 4.69) is 51.6 Å². The Bertz CT molecular complexity index is 905. The Morgan fingerprint density at radius 2 is 1.93 bits per heavy atom. The second-order valence-corrected chi connectivity index (χ2v) is 8.76. The highest BCUT2D eigenvalue weighted by Crippen LogP contribution is 2.35. The van der Waals surface area contributed by atoms with Gasteiger partial charge in [-0.3, -0.25) is 0 Å². The zero-order chi connectivity index (χ0) is 18.2. The maximum absolute atomic E-state index is 5.01. The Labute approximate surface area is 163 Å². The monoisotopic (exact) mass is 380 g/mol. The van der Waals surface area contributed by atoms with Crippen LogP contribution in [-0.2, 0) is 12.8 Å². The average molecular weight is 381 g/mol. The van der Waals surface area contributed by atoms with Crippen LogP contribution in [0.15, 0.2) is 24.3 Å². The number of rotatable bonds is 3. The molecule has 1 fully saturated rings. The number of benzene rings is 1. The molecule has 0 spiro atoms. The van der Waals surface area contributed by atoms with Gasteiger partial charge in [0.2, 0.25) is 5.95 Å². The molecule has 5 rings (SSSR count). The SMILES string of the molecule is Cc1ccc(-n2nnnc2N2CCCC(c3nc4c(s3)CCCC4)C2)cc1. The predicted molar refractivity (Wildman–Crippen MR) is 107 cm³/mol. The first kappa shape index (κ1) is 16.9. The molecule has 0 saturated carbocycles. The van der Waals surface area contributed by atoms with Gasteiger partial charge in [-0.15, -0.1) is 11.3 Å². The van der Waals surface area contributed by atoms with E-state index in [0.717, 1.165) is 37.6 Å². The molecule has 27 heavy (non-hydrogen) atoms. The molecule has 1 aliphatic heterocycles. The summed E-state index contributed by atoms with van der Waals surface area (Å²) in [5.41, 5.74) is 3.61. The van der Waals surface area contributed by atoms with Crippen molar-refractivity contribution in [1.82, 2.24) is 25.2 Å². The summed E-state index contributed by atoms with van der Waals surface area (Å²) >= 11 is 1.95. The Hall–Kier alpha value is -2.28. The van der Waals surface area contributed by atoms with E-state index in [-0.39, 0.29) is 0 Å². The van der Waals surface area contributed by atoms with Gasteiger partial charge in [-0.05, 0) is 68.0 Å². The molecule has 1 unspecified atom stereocenters. The molecule has 2 aromatic heterocycles. The molecule has 0 bridgehead atoms. The van der Waals surface area contributed by atoms with Crippen LogP contribution in [-0.4, -0.2) is 38.3 Å². The highest BCUT2D eigenvalue weighted by molar-refractivity contribution is 7.11. The number of hydrogen-bond donors (Lipinski definition) is 0. The molecule has 3 heterocycles. The van der Waals surface area contributed by atoms with Crippen LogP contribution in [0.5, 0.6) is 0 Å². The Morgan fingerprint density at radius 3 is 2.78 bits per heavy atom. The summed E-state index contributed by atoms with van der Waals surface area (Å²) in [4.78, 5) is 8.87. The standard InChI is InChI=1S/C20H24N6S/c1-14-8-10-16(11-9-14)26-20(22-23-24-26)25-12-4-5-15(13-25)19-21-17-6-2-3-7-18(17)27-19/h8-11,15H,2-7,12-13H2,1H3. The minimum absolute atomic E-state index is 0.484. The van der Waals surface area contributed by atoms with Crippen LogP contribution in [0, 0.1) is 6.92 Å². The van der Waals surface area contributed by atoms with E-state index >= 15 is 0 Å². The molecular weight excluding hydrogens is 356 g/mol. The fraction of sp³-hybridized carbons (Fsp3) is 0.500. The van der Waals surface area contributed by atoms with Crippen molar-refractivity contribution >= 4 is 17.3 Å². The molecule has 6 nitrogen and oxygen atoms in total. The maximum Gasteiger partial charge on any atom is 0.250 e. The van der Waals surface area contributed by atoms with Gasteiger partial charge in [-0.25, -0.2) is 4.98 Å². The Kier molecular flexibility index (Phi) is 4.39. The van der Waals surface area contributed by atoms with Gasteiger partial charge in [-0.2, -0.15) is 4.68 Å². The first-order valence-corrected chi connectivity index (χ1v) is 10.7. The summed E-state index contributed by atoms with van der Waals surface area (Å²) in [5, 5.41) is 13.9. The number of fused-ring (bicyclic) bond motifs is 1. The molecule has 1 saturated heterocycles. The number of aryl methyl sites for hydroxylation is 3. The summed E-state index contributed by atoms with van der Waals surface area (Å²) < 4.78 is 1.86. The predicted octanol–water partition coefficient (Wildman–Crippen LogP) is 3.69. The smallest absolute Gasteiger partial charge is 0.250 e. The van der Waals surface area contributed by atoms with Gasteiger partial charge in [0, 0.05) is 23.9 Å². The summed E-state index contributed by atoms with van der Waals surface area (Å²) in [5.74, 6) is 1.32. The molecule has 0 radical (unpaired) electrons. The van der Waals surface area contributed by atoms with Crippen LogP contribution in [0.1, 0.15) is 52.7 Å². The van der Waals surface area contributed by atoms with Crippen LogP contribution >= 0.6 is 11.3 Å². The lowest BCUT2D eigenvalue weighted by atomic mass is 9.98. The van der Waals surface area contributed by atoms with Crippen molar-refractivity contribution in [3.05, 3.63) is 45.4 Å². The van der Waals surface area contributed by atoms with Crippen molar-refractivity contribution in [1.29, 1.82) is 0 Å². The van der Waals surface area contributed by atoms with Crippen molar-refractivity contribution in [3.8, 4) is 5.69 Å². The molecule has 140 valence electrons. The van der Waals surface area contributed by atoms with E-state index in [4.69, 9.17) is 4.98 Å². The Morgan fingerprint density at radius 1 is 1.07 bits per heavy atom. The lowest BCUT2D eigenvalue weighted by Gasteiger charge is -2.31. The van der Waals surface area contributed by atoms with Crippen molar-refractivity contribution in [2.45, 2.75) is 51.4 Å². The highest BCUT2D eigenvalue weighted by atomic mass is 32.1. The van der Waals surface area contributed by atoms with E-state index in [1.165, 1.54) is 46.8 Å². The fourth-order valence-electron chi connectivity index (χ4n) is 4.14. The Balaban J connectivity index is 1.40. The largest absolute Gasteiger partial charge is 0.339 e. The summed E-state index contributed by atoms with van der Waals surface area (Å²) in [6.07, 6.45) is 7.34. The van der Waals surface area contributed by atoms with Crippen molar-refractivity contribution in [2.24, 2.45) is 0 Å². The van der Waals surface area contributed by atoms with Crippen LogP contribution < -0.4 is 4.90 Å². The van der Waals surface area contributed by atoms with Gasteiger partial charge < -0.3 is 4.90 Å². The third-order valence-electron chi connectivity index (χ3n) is 5.65. The number of hydrogen-bond acceptors (Lipinski definition) is 6. The lowest BCUT2D eigenvalue weighted by Crippen LogP contribution is -2.36. The molecule has 2 aliphatic rings. The van der Waals surface area contributed by atoms with Crippen molar-refractivity contribution in [2.75, 3.05) is 18.0 Å². The highest BCUT2D eigenvalue weighted by Gasteiger charge is 2.28. The first-order chi connectivity index (χ1) is 13.3. The average Bonchev–Trinajstić information content (AvgIpc) is 3.36. The zero-order valence-electron chi connectivity index (χ0n) is 15.6. The lowest BCUT2D eigenvalue weighted by molar-refractivity contribution is 0.498. The molecule has 1 aliphatic carbocycles. The van der Waals surface area contributed by atoms with Crippen molar-refractivity contribution < 1.29 is 0 Å². The maximum atomic E-state index is 5.01. The second-order valence-electron chi connectivity index (χ2n) is 7.64. The quantitative estimate of drug-likeness (QED) is 0.693. The number of tetrazole rings is 1. The van der Waals surface area contributed by atoms with E-state index in [0.29, 0.717) is 5.92 Å². The van der Waals surface area contributed by atoms with Gasteiger partial charge in [0.05, 0.1) is 16.4 Å². The minimum Gasteiger partial charge on any atom is -0.339 e. The molecule has 0 amide bonds. The second kappa shape index (κ2) is 7.03. The zero-order valence-corrected chi connectivity index (χ0v) is 16.5. The molecule has 7 heteroatoms. The van der Waals surface area contributed by atoms with Gasteiger partial charge in [-0.1, -0.05) is 22.8 Å². The summed E-state index contributed by atoms with van der Waals surface area (Å²) in [6.45, 7) is 4.03. The van der Waals surface area contributed by atoms with Gasteiger partial charge >= 0.3 is 0 Å². The number of nitrogens with zero attached hydrogens (tertiary/aromatic N) is 6. The fourth-order valence-corrected chi connectivity index (χ4v) is 5.42. The van der Waals surface area contributed by atoms with Crippen LogP contribution in [0.2, 0.25) is 0 Å². The number of aromatic nitrogens is 5. The number of piperidine rings is 1. The number of thiazole rings is 1. The third-order valence-corrected chi connectivity index (χ3v) is 6.97. The first-order valence-electron chi connectivity index (χ1n) is 9.87. The van der Waals surface area contributed by atoms with Gasteiger partial charge in [0.15, 0.2) is 0 Å².